The number of aromatic nitrogens is 4. The molecule has 1 aliphatic rings. The lowest BCUT2D eigenvalue weighted by molar-refractivity contribution is 0.0924. The number of fused-ring (bicyclic) bond motifs is 2. The molecule has 4 aromatic rings. The Balaban J connectivity index is 1.41. The number of ether oxygens (including phenoxy) is 1. The molecule has 1 amide bonds. The van der Waals surface area contributed by atoms with Crippen LogP contribution in [0.5, 0.6) is 5.75 Å². The number of carbonyl (C=O) groups excluding carboxylic acids is 1. The maximum atomic E-state index is 12.8. The first-order valence-corrected chi connectivity index (χ1v) is 9.07. The van der Waals surface area contributed by atoms with Crippen molar-refractivity contribution in [3.63, 3.8) is 0 Å². The molecular formula is C21H17N5O2. The minimum atomic E-state index is -0.151. The number of rotatable bonds is 3. The van der Waals surface area contributed by atoms with Crippen LogP contribution in [0.4, 0.5) is 0 Å². The van der Waals surface area contributed by atoms with Gasteiger partial charge < -0.3 is 10.1 Å². The van der Waals surface area contributed by atoms with Gasteiger partial charge in [-0.3, -0.25) is 9.78 Å². The van der Waals surface area contributed by atoms with Gasteiger partial charge in [0.25, 0.3) is 5.91 Å². The lowest BCUT2D eigenvalue weighted by Crippen LogP contribution is -2.32. The van der Waals surface area contributed by atoms with Crippen molar-refractivity contribution in [3.8, 4) is 17.1 Å². The number of benzene rings is 1. The Hall–Kier alpha value is -3.74. The van der Waals surface area contributed by atoms with Crippen LogP contribution in [-0.2, 0) is 0 Å². The molecule has 0 saturated heterocycles. The molecule has 0 fully saturated rings. The Labute approximate surface area is 161 Å². The number of pyridine rings is 2. The number of nitrogens with one attached hydrogen (secondary N) is 1. The molecule has 7 heteroatoms. The van der Waals surface area contributed by atoms with Gasteiger partial charge >= 0.3 is 0 Å². The first-order valence-electron chi connectivity index (χ1n) is 9.07. The molecule has 3 aromatic heterocycles. The molecule has 0 radical (unpaired) electrons. The maximum absolute atomic E-state index is 12.8. The highest BCUT2D eigenvalue weighted by molar-refractivity contribution is 5.94. The summed E-state index contributed by atoms with van der Waals surface area (Å²) in [5.41, 5.74) is 3.03. The van der Waals surface area contributed by atoms with E-state index in [9.17, 15) is 4.79 Å². The number of para-hydroxylation sites is 1. The zero-order valence-electron chi connectivity index (χ0n) is 14.9. The summed E-state index contributed by atoms with van der Waals surface area (Å²) in [4.78, 5) is 21.4. The van der Waals surface area contributed by atoms with E-state index in [-0.39, 0.29) is 11.9 Å². The fourth-order valence-corrected chi connectivity index (χ4v) is 3.37. The molecule has 0 bridgehead atoms. The average molecular weight is 371 g/mol. The Bertz CT molecular complexity index is 1160. The van der Waals surface area contributed by atoms with E-state index in [0.29, 0.717) is 23.6 Å². The zero-order valence-corrected chi connectivity index (χ0v) is 14.9. The predicted octanol–water partition coefficient (Wildman–Crippen LogP) is 3.04. The third-order valence-corrected chi connectivity index (χ3v) is 4.78. The van der Waals surface area contributed by atoms with Crippen LogP contribution in [0.3, 0.4) is 0 Å². The molecule has 1 aromatic carbocycles. The fraction of sp³-hybridized carbons (Fsp3) is 0.143. The van der Waals surface area contributed by atoms with Crippen molar-refractivity contribution in [2.24, 2.45) is 0 Å². The SMILES string of the molecule is O=C(N[C@H]1CCOc2ccccc21)c1ccc2nc(-c3cccnc3)nn2c1. The second-order valence-corrected chi connectivity index (χ2v) is 6.60. The summed E-state index contributed by atoms with van der Waals surface area (Å²) in [6.45, 7) is 0.582. The van der Waals surface area contributed by atoms with E-state index in [4.69, 9.17) is 4.74 Å². The van der Waals surface area contributed by atoms with E-state index in [1.807, 2.05) is 36.4 Å². The minimum Gasteiger partial charge on any atom is -0.493 e. The first kappa shape index (κ1) is 16.4. The Kier molecular flexibility index (Phi) is 3.97. The van der Waals surface area contributed by atoms with Crippen molar-refractivity contribution in [3.05, 3.63) is 78.2 Å². The predicted molar refractivity (Wildman–Crippen MR) is 103 cm³/mol. The summed E-state index contributed by atoms with van der Waals surface area (Å²) < 4.78 is 7.28. The molecule has 4 heterocycles. The van der Waals surface area contributed by atoms with E-state index in [2.05, 4.69) is 20.4 Å². The summed E-state index contributed by atoms with van der Waals surface area (Å²) in [5, 5.41) is 7.58. The van der Waals surface area contributed by atoms with Gasteiger partial charge in [-0.25, -0.2) is 9.50 Å². The molecule has 0 saturated carbocycles. The van der Waals surface area contributed by atoms with Gasteiger partial charge in [0.2, 0.25) is 0 Å². The number of hydrogen-bond acceptors (Lipinski definition) is 5. The number of hydrogen-bond donors (Lipinski definition) is 1. The summed E-state index contributed by atoms with van der Waals surface area (Å²) in [5.74, 6) is 1.25. The molecule has 0 unspecified atom stereocenters. The highest BCUT2D eigenvalue weighted by Crippen LogP contribution is 2.31. The van der Waals surface area contributed by atoms with Gasteiger partial charge in [-0.1, -0.05) is 18.2 Å². The Morgan fingerprint density at radius 3 is 2.96 bits per heavy atom. The van der Waals surface area contributed by atoms with Crippen molar-refractivity contribution < 1.29 is 9.53 Å². The van der Waals surface area contributed by atoms with Gasteiger partial charge in [-0.15, -0.1) is 5.10 Å². The third kappa shape index (κ3) is 2.96. The van der Waals surface area contributed by atoms with Crippen LogP contribution in [0.15, 0.2) is 67.1 Å². The Morgan fingerprint density at radius 1 is 1.14 bits per heavy atom. The molecule has 28 heavy (non-hydrogen) atoms. The lowest BCUT2D eigenvalue weighted by Gasteiger charge is -2.26. The van der Waals surface area contributed by atoms with E-state index in [0.717, 1.165) is 23.3 Å². The zero-order chi connectivity index (χ0) is 18.9. The monoisotopic (exact) mass is 371 g/mol. The highest BCUT2D eigenvalue weighted by Gasteiger charge is 2.23. The van der Waals surface area contributed by atoms with Gasteiger partial charge in [-0.05, 0) is 30.3 Å². The summed E-state index contributed by atoms with van der Waals surface area (Å²) in [7, 11) is 0. The number of amides is 1. The summed E-state index contributed by atoms with van der Waals surface area (Å²) >= 11 is 0. The summed E-state index contributed by atoms with van der Waals surface area (Å²) in [6.07, 6.45) is 5.85. The third-order valence-electron chi connectivity index (χ3n) is 4.78. The van der Waals surface area contributed by atoms with Crippen molar-refractivity contribution in [2.75, 3.05) is 6.61 Å². The number of nitrogens with zero attached hydrogens (tertiary/aromatic N) is 4. The van der Waals surface area contributed by atoms with Crippen molar-refractivity contribution in [1.82, 2.24) is 24.9 Å². The normalized spacial score (nSPS) is 15.6. The van der Waals surface area contributed by atoms with E-state index < -0.39 is 0 Å². The first-order chi connectivity index (χ1) is 13.8. The van der Waals surface area contributed by atoms with Crippen LogP contribution in [0.1, 0.15) is 28.4 Å². The van der Waals surface area contributed by atoms with Crippen LogP contribution < -0.4 is 10.1 Å². The Morgan fingerprint density at radius 2 is 2.07 bits per heavy atom. The van der Waals surface area contributed by atoms with Gasteiger partial charge in [0.05, 0.1) is 18.2 Å². The van der Waals surface area contributed by atoms with E-state index >= 15 is 0 Å². The van der Waals surface area contributed by atoms with Gasteiger partial charge in [0, 0.05) is 36.1 Å². The largest absolute Gasteiger partial charge is 0.493 e. The molecule has 138 valence electrons. The maximum Gasteiger partial charge on any atom is 0.253 e. The lowest BCUT2D eigenvalue weighted by atomic mass is 10.0. The molecule has 0 aliphatic carbocycles. The molecule has 7 nitrogen and oxygen atoms in total. The van der Waals surface area contributed by atoms with Gasteiger partial charge in [0.1, 0.15) is 5.75 Å². The molecule has 1 atom stereocenters. The van der Waals surface area contributed by atoms with Crippen LogP contribution in [0.2, 0.25) is 0 Å². The standard InChI is InChI=1S/C21H17N5O2/c27-21(23-17-9-11-28-18-6-2-1-5-16(17)18)15-7-8-19-24-20(25-26(19)13-15)14-4-3-10-22-12-14/h1-8,10,12-13,17H,9,11H2,(H,23,27)/t17-/m0/s1. The van der Waals surface area contributed by atoms with E-state index in [1.165, 1.54) is 0 Å². The average Bonchev–Trinajstić information content (AvgIpc) is 3.18. The van der Waals surface area contributed by atoms with Gasteiger partial charge in [0.15, 0.2) is 11.5 Å². The summed E-state index contributed by atoms with van der Waals surface area (Å²) in [6, 6.07) is 15.0. The van der Waals surface area contributed by atoms with Gasteiger partial charge in [-0.2, -0.15) is 0 Å². The van der Waals surface area contributed by atoms with Crippen LogP contribution >= 0.6 is 0 Å². The fourth-order valence-electron chi connectivity index (χ4n) is 3.37. The molecule has 5 rings (SSSR count). The van der Waals surface area contributed by atoms with Crippen LogP contribution in [0, 0.1) is 0 Å². The molecular weight excluding hydrogens is 354 g/mol. The van der Waals surface area contributed by atoms with E-state index in [1.54, 1.807) is 35.2 Å². The number of carbonyl (C=O) groups is 1. The van der Waals surface area contributed by atoms with Crippen molar-refractivity contribution >= 4 is 11.6 Å². The molecule has 1 N–H and O–H groups in total. The second-order valence-electron chi connectivity index (χ2n) is 6.60. The highest BCUT2D eigenvalue weighted by atomic mass is 16.5. The van der Waals surface area contributed by atoms with Crippen LogP contribution in [0.25, 0.3) is 17.0 Å². The smallest absolute Gasteiger partial charge is 0.253 e. The second kappa shape index (κ2) is 6.77. The topological polar surface area (TPSA) is 81.4 Å². The van der Waals surface area contributed by atoms with Crippen molar-refractivity contribution in [1.29, 1.82) is 0 Å². The molecule has 1 aliphatic heterocycles. The molecule has 0 spiro atoms. The minimum absolute atomic E-state index is 0.0742. The quantitative estimate of drug-likeness (QED) is 0.599. The van der Waals surface area contributed by atoms with Crippen LogP contribution in [-0.4, -0.2) is 32.1 Å². The van der Waals surface area contributed by atoms with Crippen molar-refractivity contribution in [2.45, 2.75) is 12.5 Å².